The molecule has 5 heteroatoms. The van der Waals surface area contributed by atoms with Crippen LogP contribution in [0.25, 0.3) is 0 Å². The standard InChI is InChI=1S/C16H17FN2O2/c1-19(11-13-5-3-4-8-18-13)10-12-6-7-14(15(17)9-12)16(20)21-2/h3-9H,10-11H2,1-2H3. The molecule has 4 nitrogen and oxygen atoms in total. The molecule has 2 rings (SSSR count). The first-order valence-corrected chi connectivity index (χ1v) is 6.55. The van der Waals surface area contributed by atoms with E-state index in [1.807, 2.05) is 30.1 Å². The lowest BCUT2D eigenvalue weighted by Crippen LogP contribution is -2.18. The van der Waals surface area contributed by atoms with Crippen LogP contribution in [-0.2, 0) is 17.8 Å². The van der Waals surface area contributed by atoms with E-state index >= 15 is 0 Å². The van der Waals surface area contributed by atoms with E-state index in [1.54, 1.807) is 12.3 Å². The van der Waals surface area contributed by atoms with Crippen molar-refractivity contribution in [3.63, 3.8) is 0 Å². The topological polar surface area (TPSA) is 42.4 Å². The number of rotatable bonds is 5. The molecule has 0 radical (unpaired) electrons. The summed E-state index contributed by atoms with van der Waals surface area (Å²) in [6, 6.07) is 10.3. The molecule has 1 heterocycles. The fourth-order valence-corrected chi connectivity index (χ4v) is 2.07. The summed E-state index contributed by atoms with van der Waals surface area (Å²) in [5.41, 5.74) is 1.69. The van der Waals surface area contributed by atoms with Gasteiger partial charge in [0, 0.05) is 19.3 Å². The van der Waals surface area contributed by atoms with Crippen molar-refractivity contribution in [1.82, 2.24) is 9.88 Å². The summed E-state index contributed by atoms with van der Waals surface area (Å²) in [7, 11) is 3.16. The Morgan fingerprint density at radius 3 is 2.71 bits per heavy atom. The first kappa shape index (κ1) is 15.1. The Balaban J connectivity index is 2.03. The van der Waals surface area contributed by atoms with E-state index in [0.29, 0.717) is 13.1 Å². The second-order valence-electron chi connectivity index (χ2n) is 4.80. The largest absolute Gasteiger partial charge is 0.465 e. The summed E-state index contributed by atoms with van der Waals surface area (Å²) >= 11 is 0. The Hall–Kier alpha value is -2.27. The van der Waals surface area contributed by atoms with Gasteiger partial charge in [-0.3, -0.25) is 9.88 Å². The van der Waals surface area contributed by atoms with E-state index in [-0.39, 0.29) is 5.56 Å². The molecular weight excluding hydrogens is 271 g/mol. The van der Waals surface area contributed by atoms with Crippen molar-refractivity contribution < 1.29 is 13.9 Å². The lowest BCUT2D eigenvalue weighted by atomic mass is 10.1. The van der Waals surface area contributed by atoms with Crippen LogP contribution in [0.1, 0.15) is 21.6 Å². The number of halogens is 1. The van der Waals surface area contributed by atoms with Crippen LogP contribution in [-0.4, -0.2) is 30.0 Å². The number of carbonyl (C=O) groups is 1. The maximum absolute atomic E-state index is 13.8. The van der Waals surface area contributed by atoms with Crippen LogP contribution in [0.4, 0.5) is 4.39 Å². The van der Waals surface area contributed by atoms with E-state index in [9.17, 15) is 9.18 Å². The molecule has 1 aromatic carbocycles. The molecule has 0 fully saturated rings. The lowest BCUT2D eigenvalue weighted by molar-refractivity contribution is 0.0595. The van der Waals surface area contributed by atoms with E-state index in [2.05, 4.69) is 9.72 Å². The average Bonchev–Trinajstić information content (AvgIpc) is 2.47. The van der Waals surface area contributed by atoms with Crippen molar-refractivity contribution in [2.24, 2.45) is 0 Å². The smallest absolute Gasteiger partial charge is 0.340 e. The van der Waals surface area contributed by atoms with Gasteiger partial charge >= 0.3 is 5.97 Å². The molecule has 0 atom stereocenters. The summed E-state index contributed by atoms with van der Waals surface area (Å²) in [6.07, 6.45) is 1.74. The fourth-order valence-electron chi connectivity index (χ4n) is 2.07. The molecule has 21 heavy (non-hydrogen) atoms. The first-order valence-electron chi connectivity index (χ1n) is 6.55. The second-order valence-corrected chi connectivity index (χ2v) is 4.80. The molecular formula is C16H17FN2O2. The summed E-state index contributed by atoms with van der Waals surface area (Å²) in [4.78, 5) is 17.6. The van der Waals surface area contributed by atoms with E-state index in [0.717, 1.165) is 11.3 Å². The molecule has 0 saturated carbocycles. The van der Waals surface area contributed by atoms with E-state index in [1.165, 1.54) is 19.2 Å². The second kappa shape index (κ2) is 6.95. The van der Waals surface area contributed by atoms with Crippen molar-refractivity contribution in [2.45, 2.75) is 13.1 Å². The van der Waals surface area contributed by atoms with Crippen LogP contribution in [0.15, 0.2) is 42.6 Å². The van der Waals surface area contributed by atoms with Gasteiger partial charge in [0.15, 0.2) is 0 Å². The Labute approximate surface area is 123 Å². The number of esters is 1. The van der Waals surface area contributed by atoms with Gasteiger partial charge in [0.2, 0.25) is 0 Å². The Bertz CT molecular complexity index is 617. The quantitative estimate of drug-likeness (QED) is 0.793. The van der Waals surface area contributed by atoms with Crippen LogP contribution < -0.4 is 0 Å². The van der Waals surface area contributed by atoms with Gasteiger partial charge in [-0.25, -0.2) is 9.18 Å². The number of ether oxygens (including phenoxy) is 1. The van der Waals surface area contributed by atoms with Gasteiger partial charge in [0.1, 0.15) is 5.82 Å². The summed E-state index contributed by atoms with van der Waals surface area (Å²) in [5, 5.41) is 0. The Morgan fingerprint density at radius 1 is 1.29 bits per heavy atom. The number of benzene rings is 1. The molecule has 0 bridgehead atoms. The predicted octanol–water partition coefficient (Wildman–Crippen LogP) is 2.64. The van der Waals surface area contributed by atoms with Gasteiger partial charge in [-0.1, -0.05) is 12.1 Å². The maximum atomic E-state index is 13.8. The minimum absolute atomic E-state index is 0.0476. The molecule has 0 amide bonds. The van der Waals surface area contributed by atoms with Crippen molar-refractivity contribution in [3.8, 4) is 0 Å². The van der Waals surface area contributed by atoms with Gasteiger partial charge in [0.25, 0.3) is 0 Å². The Kier molecular flexibility index (Phi) is 5.00. The molecule has 0 aliphatic heterocycles. The normalized spacial score (nSPS) is 10.7. The number of hydrogen-bond donors (Lipinski definition) is 0. The highest BCUT2D eigenvalue weighted by molar-refractivity contribution is 5.89. The molecule has 2 aromatic rings. The zero-order valence-corrected chi connectivity index (χ0v) is 12.0. The van der Waals surface area contributed by atoms with Crippen molar-refractivity contribution in [3.05, 3.63) is 65.2 Å². The number of nitrogens with zero attached hydrogens (tertiary/aromatic N) is 2. The van der Waals surface area contributed by atoms with Gasteiger partial charge in [-0.05, 0) is 36.9 Å². The molecule has 0 aliphatic carbocycles. The van der Waals surface area contributed by atoms with Gasteiger partial charge in [-0.2, -0.15) is 0 Å². The number of aromatic nitrogens is 1. The van der Waals surface area contributed by atoms with Gasteiger partial charge < -0.3 is 4.74 Å². The number of methoxy groups -OCH3 is 1. The van der Waals surface area contributed by atoms with Crippen molar-refractivity contribution in [1.29, 1.82) is 0 Å². The summed E-state index contributed by atoms with van der Waals surface area (Å²) < 4.78 is 18.4. The average molecular weight is 288 g/mol. The van der Waals surface area contributed by atoms with Crippen molar-refractivity contribution >= 4 is 5.97 Å². The minimum Gasteiger partial charge on any atom is -0.465 e. The number of pyridine rings is 1. The third kappa shape index (κ3) is 4.10. The molecule has 0 saturated heterocycles. The number of carbonyl (C=O) groups excluding carboxylic acids is 1. The summed E-state index contributed by atoms with van der Waals surface area (Å²) in [6.45, 7) is 1.23. The highest BCUT2D eigenvalue weighted by Gasteiger charge is 2.13. The van der Waals surface area contributed by atoms with Crippen LogP contribution in [0.5, 0.6) is 0 Å². The van der Waals surface area contributed by atoms with Crippen molar-refractivity contribution in [2.75, 3.05) is 14.2 Å². The summed E-state index contributed by atoms with van der Waals surface area (Å²) in [5.74, 6) is -1.23. The Morgan fingerprint density at radius 2 is 2.10 bits per heavy atom. The highest BCUT2D eigenvalue weighted by Crippen LogP contribution is 2.13. The SMILES string of the molecule is COC(=O)c1ccc(CN(C)Cc2ccccn2)cc1F. The molecule has 0 unspecified atom stereocenters. The molecule has 0 N–H and O–H groups in total. The molecule has 110 valence electrons. The third-order valence-corrected chi connectivity index (χ3v) is 3.05. The molecule has 0 spiro atoms. The fraction of sp³-hybridized carbons (Fsp3) is 0.250. The maximum Gasteiger partial charge on any atom is 0.340 e. The van der Waals surface area contributed by atoms with Crippen LogP contribution in [0, 0.1) is 5.82 Å². The van der Waals surface area contributed by atoms with Gasteiger partial charge in [0.05, 0.1) is 18.4 Å². The molecule has 1 aromatic heterocycles. The lowest BCUT2D eigenvalue weighted by Gasteiger charge is -2.16. The predicted molar refractivity (Wildman–Crippen MR) is 77.1 cm³/mol. The van der Waals surface area contributed by atoms with E-state index in [4.69, 9.17) is 0 Å². The monoisotopic (exact) mass is 288 g/mol. The zero-order chi connectivity index (χ0) is 15.2. The minimum atomic E-state index is -0.666. The first-order chi connectivity index (χ1) is 10.1. The van der Waals surface area contributed by atoms with E-state index < -0.39 is 11.8 Å². The zero-order valence-electron chi connectivity index (χ0n) is 12.0. The molecule has 0 aliphatic rings. The van der Waals surface area contributed by atoms with Crippen LogP contribution >= 0.6 is 0 Å². The van der Waals surface area contributed by atoms with Gasteiger partial charge in [-0.15, -0.1) is 0 Å². The third-order valence-electron chi connectivity index (χ3n) is 3.05. The van der Waals surface area contributed by atoms with Crippen LogP contribution in [0.2, 0.25) is 0 Å². The van der Waals surface area contributed by atoms with Crippen LogP contribution in [0.3, 0.4) is 0 Å². The number of hydrogen-bond acceptors (Lipinski definition) is 4. The highest BCUT2D eigenvalue weighted by atomic mass is 19.1.